The first-order chi connectivity index (χ1) is 11.3. The number of hydrogen-bond acceptors (Lipinski definition) is 5. The van der Waals surface area contributed by atoms with Crippen LogP contribution in [0.5, 0.6) is 11.5 Å². The van der Waals surface area contributed by atoms with Crippen LogP contribution in [0.3, 0.4) is 0 Å². The molecule has 1 saturated heterocycles. The number of ether oxygens (including phenoxy) is 3. The van der Waals surface area contributed by atoms with Gasteiger partial charge in [-0.15, -0.1) is 0 Å². The van der Waals surface area contributed by atoms with Crippen LogP contribution in [-0.2, 0) is 11.3 Å². The van der Waals surface area contributed by atoms with Gasteiger partial charge in [0.1, 0.15) is 19.0 Å². The summed E-state index contributed by atoms with van der Waals surface area (Å²) in [7, 11) is 0. The van der Waals surface area contributed by atoms with Crippen LogP contribution in [0.1, 0.15) is 23.1 Å². The van der Waals surface area contributed by atoms with Crippen LogP contribution in [-0.4, -0.2) is 47.8 Å². The maximum absolute atomic E-state index is 5.68. The minimum atomic E-state index is 0.158. The van der Waals surface area contributed by atoms with Gasteiger partial charge < -0.3 is 19.2 Å². The molecule has 6 heteroatoms. The monoisotopic (exact) mass is 315 g/mol. The van der Waals surface area contributed by atoms with E-state index in [4.69, 9.17) is 14.2 Å². The summed E-state index contributed by atoms with van der Waals surface area (Å²) in [6.07, 6.45) is 1.87. The molecule has 2 aliphatic heterocycles. The molecule has 1 unspecified atom stereocenters. The molecule has 2 aromatic rings. The summed E-state index contributed by atoms with van der Waals surface area (Å²) in [6.45, 7) is 6.39. The average molecular weight is 315 g/mol. The number of aryl methyl sites for hydroxylation is 1. The molecule has 6 nitrogen and oxygen atoms in total. The number of morpholine rings is 1. The molecule has 0 bridgehead atoms. The second-order valence-corrected chi connectivity index (χ2v) is 5.99. The molecule has 3 heterocycles. The van der Waals surface area contributed by atoms with E-state index in [0.717, 1.165) is 42.7 Å². The van der Waals surface area contributed by atoms with Crippen LogP contribution in [0.4, 0.5) is 0 Å². The van der Waals surface area contributed by atoms with Gasteiger partial charge in [0.25, 0.3) is 0 Å². The topological polar surface area (TPSA) is 59.6 Å². The zero-order chi connectivity index (χ0) is 15.6. The Hall–Kier alpha value is -2.05. The van der Waals surface area contributed by atoms with Crippen LogP contribution in [0.15, 0.2) is 24.4 Å². The quantitative estimate of drug-likeness (QED) is 0.939. The van der Waals surface area contributed by atoms with Crippen molar-refractivity contribution in [3.8, 4) is 11.5 Å². The first-order valence-corrected chi connectivity index (χ1v) is 8.01. The Morgan fingerprint density at radius 2 is 2.09 bits per heavy atom. The highest BCUT2D eigenvalue weighted by molar-refractivity contribution is 5.43. The van der Waals surface area contributed by atoms with Crippen LogP contribution in [0, 0.1) is 6.92 Å². The van der Waals surface area contributed by atoms with E-state index in [2.05, 4.69) is 27.0 Å². The van der Waals surface area contributed by atoms with Crippen molar-refractivity contribution in [2.75, 3.05) is 33.0 Å². The number of nitrogens with one attached hydrogen (secondary N) is 1. The number of benzene rings is 1. The molecule has 1 fully saturated rings. The maximum atomic E-state index is 5.68. The van der Waals surface area contributed by atoms with Crippen LogP contribution < -0.4 is 9.47 Å². The molecule has 0 amide bonds. The minimum Gasteiger partial charge on any atom is -0.486 e. The van der Waals surface area contributed by atoms with Gasteiger partial charge in [0.15, 0.2) is 11.5 Å². The Morgan fingerprint density at radius 3 is 2.91 bits per heavy atom. The Bertz CT molecular complexity index is 685. The smallest absolute Gasteiger partial charge is 0.161 e. The zero-order valence-corrected chi connectivity index (χ0v) is 13.2. The van der Waals surface area contributed by atoms with E-state index < -0.39 is 0 Å². The van der Waals surface area contributed by atoms with Gasteiger partial charge in [-0.1, -0.05) is 6.07 Å². The Morgan fingerprint density at radius 1 is 1.22 bits per heavy atom. The van der Waals surface area contributed by atoms with Crippen LogP contribution >= 0.6 is 0 Å². The SMILES string of the molecule is Cc1cnc(C2COCCN2Cc2ccc3c(c2)OCCO3)[nH]1. The summed E-state index contributed by atoms with van der Waals surface area (Å²) in [5.41, 5.74) is 2.29. The molecule has 4 rings (SSSR count). The number of fused-ring (bicyclic) bond motifs is 1. The summed E-state index contributed by atoms with van der Waals surface area (Å²) in [6, 6.07) is 6.34. The summed E-state index contributed by atoms with van der Waals surface area (Å²) < 4.78 is 16.9. The lowest BCUT2D eigenvalue weighted by Crippen LogP contribution is -2.39. The highest BCUT2D eigenvalue weighted by Crippen LogP contribution is 2.32. The van der Waals surface area contributed by atoms with Crippen LogP contribution in [0.25, 0.3) is 0 Å². The Labute approximate surface area is 135 Å². The fraction of sp³-hybridized carbons (Fsp3) is 0.471. The lowest BCUT2D eigenvalue weighted by atomic mass is 10.1. The molecule has 1 N–H and O–H groups in total. The lowest BCUT2D eigenvalue weighted by Gasteiger charge is -2.34. The van der Waals surface area contributed by atoms with Gasteiger partial charge in [-0.25, -0.2) is 4.98 Å². The Kier molecular flexibility index (Phi) is 3.93. The number of hydrogen-bond donors (Lipinski definition) is 1. The summed E-state index contributed by atoms with van der Waals surface area (Å²) in [4.78, 5) is 10.2. The normalized spacial score (nSPS) is 21.3. The van der Waals surface area contributed by atoms with Crippen molar-refractivity contribution in [3.05, 3.63) is 41.5 Å². The molecule has 2 aliphatic rings. The number of H-pyrrole nitrogens is 1. The third-order valence-corrected chi connectivity index (χ3v) is 4.27. The molecule has 1 aromatic heterocycles. The van der Waals surface area contributed by atoms with E-state index in [1.54, 1.807) is 0 Å². The Balaban J connectivity index is 1.54. The predicted molar refractivity (Wildman–Crippen MR) is 84.7 cm³/mol. The van der Waals surface area contributed by atoms with Gasteiger partial charge in [-0.2, -0.15) is 0 Å². The first-order valence-electron chi connectivity index (χ1n) is 8.01. The van der Waals surface area contributed by atoms with Crippen LogP contribution in [0.2, 0.25) is 0 Å². The van der Waals surface area contributed by atoms with Crippen molar-refractivity contribution in [2.45, 2.75) is 19.5 Å². The number of rotatable bonds is 3. The van der Waals surface area contributed by atoms with Crippen molar-refractivity contribution in [1.82, 2.24) is 14.9 Å². The number of nitrogens with zero attached hydrogens (tertiary/aromatic N) is 2. The second kappa shape index (κ2) is 6.22. The highest BCUT2D eigenvalue weighted by atomic mass is 16.6. The molecular formula is C17H21N3O3. The van der Waals surface area contributed by atoms with E-state index in [9.17, 15) is 0 Å². The van der Waals surface area contributed by atoms with Gasteiger partial charge in [0, 0.05) is 25.0 Å². The third-order valence-electron chi connectivity index (χ3n) is 4.27. The molecule has 0 radical (unpaired) electrons. The van der Waals surface area contributed by atoms with E-state index in [1.165, 1.54) is 5.56 Å². The summed E-state index contributed by atoms with van der Waals surface area (Å²) in [5, 5.41) is 0. The second-order valence-electron chi connectivity index (χ2n) is 5.99. The average Bonchev–Trinajstić information content (AvgIpc) is 3.01. The summed E-state index contributed by atoms with van der Waals surface area (Å²) in [5.74, 6) is 2.65. The molecule has 1 atom stereocenters. The van der Waals surface area contributed by atoms with Crippen molar-refractivity contribution in [1.29, 1.82) is 0 Å². The molecule has 0 aliphatic carbocycles. The van der Waals surface area contributed by atoms with Crippen molar-refractivity contribution in [2.24, 2.45) is 0 Å². The van der Waals surface area contributed by atoms with Crippen molar-refractivity contribution < 1.29 is 14.2 Å². The maximum Gasteiger partial charge on any atom is 0.161 e. The molecule has 0 saturated carbocycles. The fourth-order valence-electron chi connectivity index (χ4n) is 3.10. The summed E-state index contributed by atoms with van der Waals surface area (Å²) >= 11 is 0. The van der Waals surface area contributed by atoms with Gasteiger partial charge in [0.2, 0.25) is 0 Å². The van der Waals surface area contributed by atoms with Crippen molar-refractivity contribution >= 4 is 0 Å². The van der Waals surface area contributed by atoms with Crippen molar-refractivity contribution in [3.63, 3.8) is 0 Å². The van der Waals surface area contributed by atoms with Gasteiger partial charge in [-0.05, 0) is 24.6 Å². The van der Waals surface area contributed by atoms with Gasteiger partial charge >= 0.3 is 0 Å². The predicted octanol–water partition coefficient (Wildman–Crippen LogP) is 2.06. The lowest BCUT2D eigenvalue weighted by molar-refractivity contribution is -0.0157. The van der Waals surface area contributed by atoms with E-state index in [-0.39, 0.29) is 6.04 Å². The molecule has 122 valence electrons. The minimum absolute atomic E-state index is 0.158. The molecular weight excluding hydrogens is 294 g/mol. The molecule has 1 aromatic carbocycles. The first kappa shape index (κ1) is 14.5. The van der Waals surface area contributed by atoms with E-state index in [0.29, 0.717) is 19.8 Å². The third kappa shape index (κ3) is 3.04. The number of imidazole rings is 1. The van der Waals surface area contributed by atoms with E-state index >= 15 is 0 Å². The van der Waals surface area contributed by atoms with Gasteiger partial charge in [-0.3, -0.25) is 4.90 Å². The number of aromatic amines is 1. The van der Waals surface area contributed by atoms with E-state index in [1.807, 2.05) is 19.2 Å². The fourth-order valence-corrected chi connectivity index (χ4v) is 3.10. The standard InChI is InChI=1S/C17H21N3O3/c1-12-9-18-17(19-12)14-11-21-5-4-20(14)10-13-2-3-15-16(8-13)23-7-6-22-15/h2-3,8-9,14H,4-7,10-11H2,1H3,(H,18,19). The highest BCUT2D eigenvalue weighted by Gasteiger charge is 2.27. The molecule has 0 spiro atoms. The molecule has 23 heavy (non-hydrogen) atoms. The largest absolute Gasteiger partial charge is 0.486 e. The number of aromatic nitrogens is 2. The zero-order valence-electron chi connectivity index (χ0n) is 13.2. The van der Waals surface area contributed by atoms with Gasteiger partial charge in [0.05, 0.1) is 19.3 Å².